The zero-order chi connectivity index (χ0) is 7.66. The second kappa shape index (κ2) is 7.76. The number of allylic oxidation sites excluding steroid dienone is 3. The van der Waals surface area contributed by atoms with Crippen LogP contribution in [0.5, 0.6) is 0 Å². The molecule has 0 radical (unpaired) electrons. The maximum Gasteiger partial charge on any atom is 0.000496 e. The Morgan fingerprint density at radius 1 is 1.30 bits per heavy atom. The van der Waals surface area contributed by atoms with E-state index in [1.807, 2.05) is 43.6 Å². The van der Waals surface area contributed by atoms with Gasteiger partial charge in [-0.3, -0.25) is 0 Å². The summed E-state index contributed by atoms with van der Waals surface area (Å²) in [5.41, 5.74) is 0. The molecule has 0 amide bonds. The summed E-state index contributed by atoms with van der Waals surface area (Å²) < 4.78 is 0. The van der Waals surface area contributed by atoms with E-state index in [1.165, 1.54) is 0 Å². The lowest BCUT2D eigenvalue weighted by atomic mass is 10.5. The number of hydrogen-bond donors (Lipinski definition) is 1. The van der Waals surface area contributed by atoms with Gasteiger partial charge in [-0.25, -0.2) is 0 Å². The lowest BCUT2D eigenvalue weighted by Crippen LogP contribution is -1.38. The van der Waals surface area contributed by atoms with Crippen molar-refractivity contribution in [2.45, 2.75) is 6.92 Å². The van der Waals surface area contributed by atoms with Gasteiger partial charge in [0.05, 0.1) is 0 Å². The maximum atomic E-state index is 3.46. The Hall–Kier alpha value is -1.24. The minimum Gasteiger partial charge on any atom is -0.368 e. The molecule has 10 heavy (non-hydrogen) atoms. The van der Waals surface area contributed by atoms with Gasteiger partial charge >= 0.3 is 0 Å². The van der Waals surface area contributed by atoms with Gasteiger partial charge in [-0.1, -0.05) is 24.8 Å². The summed E-state index contributed by atoms with van der Waals surface area (Å²) >= 11 is 0. The van der Waals surface area contributed by atoms with Crippen LogP contribution >= 0.6 is 0 Å². The molecular weight excluding hydrogens is 122 g/mol. The maximum absolute atomic E-state index is 3.46. The van der Waals surface area contributed by atoms with Gasteiger partial charge in [0.1, 0.15) is 0 Å². The second-order valence-electron chi connectivity index (χ2n) is 1.65. The molecule has 1 heterocycles. The fraction of sp³-hybridized carbons (Fsp3) is 0.111. The molecule has 0 spiro atoms. The first-order chi connectivity index (χ1) is 4.91. The lowest BCUT2D eigenvalue weighted by molar-refractivity contribution is 1.42. The van der Waals surface area contributed by atoms with Crippen molar-refractivity contribution < 1.29 is 0 Å². The average Bonchev–Trinajstić information content (AvgIpc) is 2.44. The summed E-state index contributed by atoms with van der Waals surface area (Å²) in [6.07, 6.45) is 9.33. The van der Waals surface area contributed by atoms with Crippen LogP contribution in [0.3, 0.4) is 0 Å². The Balaban J connectivity index is 0.000000162. The molecule has 54 valence electrons. The Morgan fingerprint density at radius 2 is 1.90 bits per heavy atom. The molecule has 0 aromatic carbocycles. The topological polar surface area (TPSA) is 15.8 Å². The zero-order valence-electron chi connectivity index (χ0n) is 6.25. The Morgan fingerprint density at radius 3 is 2.00 bits per heavy atom. The summed E-state index contributed by atoms with van der Waals surface area (Å²) in [5, 5.41) is 0. The van der Waals surface area contributed by atoms with E-state index < -0.39 is 0 Å². The number of rotatable bonds is 1. The van der Waals surface area contributed by atoms with Crippen molar-refractivity contribution in [2.75, 3.05) is 0 Å². The van der Waals surface area contributed by atoms with Crippen LogP contribution in [0.2, 0.25) is 0 Å². The number of aromatic amines is 1. The highest BCUT2D eigenvalue weighted by Crippen LogP contribution is 1.72. The van der Waals surface area contributed by atoms with E-state index in [2.05, 4.69) is 11.6 Å². The third kappa shape index (κ3) is 6.76. The first kappa shape index (κ1) is 8.76. The van der Waals surface area contributed by atoms with Gasteiger partial charge in [0.2, 0.25) is 0 Å². The van der Waals surface area contributed by atoms with Crippen molar-refractivity contribution in [3.63, 3.8) is 0 Å². The predicted molar refractivity (Wildman–Crippen MR) is 45.8 cm³/mol. The molecule has 1 aromatic heterocycles. The highest BCUT2D eigenvalue weighted by molar-refractivity contribution is 4.94. The normalized spacial score (nSPS) is 8.50. The molecule has 1 nitrogen and oxygen atoms in total. The SMILES string of the molecule is C=CC=CC.c1cc[nH]c1. The zero-order valence-corrected chi connectivity index (χ0v) is 6.25. The van der Waals surface area contributed by atoms with Crippen LogP contribution in [0, 0.1) is 0 Å². The van der Waals surface area contributed by atoms with Crippen molar-refractivity contribution in [1.29, 1.82) is 0 Å². The monoisotopic (exact) mass is 135 g/mol. The third-order valence-electron chi connectivity index (χ3n) is 0.825. The Kier molecular flexibility index (Phi) is 6.80. The molecule has 0 aliphatic heterocycles. The minimum absolute atomic E-state index is 1.75. The van der Waals surface area contributed by atoms with Gasteiger partial charge in [-0.15, -0.1) is 0 Å². The van der Waals surface area contributed by atoms with E-state index in [4.69, 9.17) is 0 Å². The van der Waals surface area contributed by atoms with Gasteiger partial charge in [0.15, 0.2) is 0 Å². The summed E-state index contributed by atoms with van der Waals surface area (Å²) in [5.74, 6) is 0. The molecule has 1 rings (SSSR count). The van der Waals surface area contributed by atoms with E-state index >= 15 is 0 Å². The number of hydrogen-bond acceptors (Lipinski definition) is 0. The van der Waals surface area contributed by atoms with E-state index in [-0.39, 0.29) is 0 Å². The van der Waals surface area contributed by atoms with E-state index in [0.717, 1.165) is 0 Å². The second-order valence-corrected chi connectivity index (χ2v) is 1.65. The quantitative estimate of drug-likeness (QED) is 0.570. The van der Waals surface area contributed by atoms with Crippen LogP contribution in [-0.2, 0) is 0 Å². The van der Waals surface area contributed by atoms with Crippen LogP contribution in [-0.4, -0.2) is 4.98 Å². The number of H-pyrrole nitrogens is 1. The van der Waals surface area contributed by atoms with Crippen LogP contribution in [0.1, 0.15) is 6.92 Å². The van der Waals surface area contributed by atoms with Crippen molar-refractivity contribution >= 4 is 0 Å². The standard InChI is InChI=1S/C5H8.C4H5N/c1-3-5-4-2;1-2-4-5-3-1/h3-5H,1H2,2H3;1-5H. The van der Waals surface area contributed by atoms with Crippen LogP contribution < -0.4 is 0 Å². The molecule has 0 unspecified atom stereocenters. The molecule has 0 saturated carbocycles. The third-order valence-corrected chi connectivity index (χ3v) is 0.825. The Bertz CT molecular complexity index is 144. The summed E-state index contributed by atoms with van der Waals surface area (Å²) in [7, 11) is 0. The molecule has 0 aliphatic carbocycles. The highest BCUT2D eigenvalue weighted by Gasteiger charge is 1.55. The molecule has 0 saturated heterocycles. The van der Waals surface area contributed by atoms with Crippen LogP contribution in [0.15, 0.2) is 49.3 Å². The van der Waals surface area contributed by atoms with E-state index in [0.29, 0.717) is 0 Å². The van der Waals surface area contributed by atoms with Crippen molar-refractivity contribution in [2.24, 2.45) is 0 Å². The number of aromatic nitrogens is 1. The smallest absolute Gasteiger partial charge is 0.000496 e. The molecule has 1 N–H and O–H groups in total. The van der Waals surface area contributed by atoms with Crippen molar-refractivity contribution in [3.05, 3.63) is 49.3 Å². The molecule has 0 bridgehead atoms. The highest BCUT2D eigenvalue weighted by atomic mass is 14.6. The van der Waals surface area contributed by atoms with Gasteiger partial charge in [0.25, 0.3) is 0 Å². The molecule has 0 atom stereocenters. The first-order valence-corrected chi connectivity index (χ1v) is 3.23. The van der Waals surface area contributed by atoms with Gasteiger partial charge in [0, 0.05) is 12.4 Å². The molecule has 1 heteroatoms. The Labute approximate surface area is 62.1 Å². The summed E-state index contributed by atoms with van der Waals surface area (Å²) in [6.45, 7) is 5.42. The molecular formula is C9H13N. The van der Waals surface area contributed by atoms with Crippen molar-refractivity contribution in [1.82, 2.24) is 4.98 Å². The fourth-order valence-electron chi connectivity index (χ4n) is 0.414. The van der Waals surface area contributed by atoms with Crippen LogP contribution in [0.4, 0.5) is 0 Å². The average molecular weight is 135 g/mol. The largest absolute Gasteiger partial charge is 0.368 e. The van der Waals surface area contributed by atoms with E-state index in [9.17, 15) is 0 Å². The van der Waals surface area contributed by atoms with E-state index in [1.54, 1.807) is 6.08 Å². The van der Waals surface area contributed by atoms with Gasteiger partial charge < -0.3 is 4.98 Å². The fourth-order valence-corrected chi connectivity index (χ4v) is 0.414. The first-order valence-electron chi connectivity index (χ1n) is 3.23. The van der Waals surface area contributed by atoms with Crippen molar-refractivity contribution in [3.8, 4) is 0 Å². The molecule has 1 aromatic rings. The minimum atomic E-state index is 1.75. The summed E-state index contributed by atoms with van der Waals surface area (Å²) in [4.78, 5) is 2.86. The van der Waals surface area contributed by atoms with Gasteiger partial charge in [-0.2, -0.15) is 0 Å². The molecule has 0 aliphatic rings. The number of nitrogens with one attached hydrogen (secondary N) is 1. The van der Waals surface area contributed by atoms with Gasteiger partial charge in [-0.05, 0) is 19.1 Å². The lowest BCUT2D eigenvalue weighted by Gasteiger charge is -1.56. The predicted octanol–water partition coefficient (Wildman–Crippen LogP) is 2.76. The summed E-state index contributed by atoms with van der Waals surface area (Å²) in [6, 6.07) is 3.89. The van der Waals surface area contributed by atoms with Crippen LogP contribution in [0.25, 0.3) is 0 Å². The molecule has 0 fully saturated rings.